The van der Waals surface area contributed by atoms with Crippen LogP contribution in [0.5, 0.6) is 0 Å². The third-order valence-corrected chi connectivity index (χ3v) is 7.38. The molecule has 0 amide bonds. The Hall–Kier alpha value is -0.900. The van der Waals surface area contributed by atoms with Gasteiger partial charge in [-0.3, -0.25) is 4.99 Å². The number of hydrogen-bond acceptors (Lipinski definition) is 3. The molecular weight excluding hydrogens is 468 g/mol. The largest absolute Gasteiger partial charge is 0.355 e. The highest BCUT2D eigenvalue weighted by molar-refractivity contribution is 14.0. The van der Waals surface area contributed by atoms with E-state index in [0.717, 1.165) is 0 Å². The molecule has 0 unspecified atom stereocenters. The summed E-state index contributed by atoms with van der Waals surface area (Å²) in [6.45, 7) is 8.70. The van der Waals surface area contributed by atoms with Gasteiger partial charge < -0.3 is 10.2 Å². The van der Waals surface area contributed by atoms with Crippen LogP contribution in [0.4, 0.5) is 4.39 Å². The van der Waals surface area contributed by atoms with Crippen molar-refractivity contribution in [2.45, 2.75) is 37.9 Å². The molecule has 0 aromatic heterocycles. The second-order valence-electron chi connectivity index (χ2n) is 7.76. The molecular formula is C18H29FIN3O2S. The number of halogens is 2. The molecule has 1 fully saturated rings. The van der Waals surface area contributed by atoms with Crippen LogP contribution in [0, 0.1) is 5.82 Å². The summed E-state index contributed by atoms with van der Waals surface area (Å²) >= 11 is 0. The van der Waals surface area contributed by atoms with E-state index in [9.17, 15) is 12.8 Å². The van der Waals surface area contributed by atoms with Crippen LogP contribution in [0.25, 0.3) is 0 Å². The third-order valence-electron chi connectivity index (χ3n) is 4.85. The summed E-state index contributed by atoms with van der Waals surface area (Å²) in [4.78, 5) is 6.24. The van der Waals surface area contributed by atoms with Crippen molar-refractivity contribution in [1.82, 2.24) is 10.2 Å². The van der Waals surface area contributed by atoms with Gasteiger partial charge in [0, 0.05) is 32.1 Å². The van der Waals surface area contributed by atoms with Gasteiger partial charge in [0.2, 0.25) is 0 Å². The van der Waals surface area contributed by atoms with E-state index < -0.39 is 20.0 Å². The predicted molar refractivity (Wildman–Crippen MR) is 116 cm³/mol. The molecule has 148 valence electrons. The number of guanidine groups is 1. The van der Waals surface area contributed by atoms with Gasteiger partial charge >= 0.3 is 0 Å². The quantitative estimate of drug-likeness (QED) is 0.397. The topological polar surface area (TPSA) is 61.8 Å². The number of hydrogen-bond donors (Lipinski definition) is 1. The standard InChI is InChI=1S/C18H28FN3O2S.HI/c1-17(2,14-8-6-7-9-15(14)19)12-21-16(20-5)22-10-11-25(23,24)18(3,4)13-22;/h6-9H,10-13H2,1-5H3,(H,20,21);1H. The molecule has 0 saturated carbocycles. The summed E-state index contributed by atoms with van der Waals surface area (Å²) in [5, 5.41) is 3.28. The van der Waals surface area contributed by atoms with Crippen LogP contribution in [-0.4, -0.2) is 56.5 Å². The first kappa shape index (κ1) is 23.1. The molecule has 1 aromatic rings. The van der Waals surface area contributed by atoms with Crippen LogP contribution < -0.4 is 5.32 Å². The highest BCUT2D eigenvalue weighted by Crippen LogP contribution is 2.26. The highest BCUT2D eigenvalue weighted by atomic mass is 127. The van der Waals surface area contributed by atoms with Crippen molar-refractivity contribution in [1.29, 1.82) is 0 Å². The maximum Gasteiger partial charge on any atom is 0.193 e. The number of nitrogens with one attached hydrogen (secondary N) is 1. The van der Waals surface area contributed by atoms with Crippen molar-refractivity contribution < 1.29 is 12.8 Å². The Bertz CT molecular complexity index is 763. The van der Waals surface area contributed by atoms with Crippen LogP contribution in [-0.2, 0) is 15.3 Å². The van der Waals surface area contributed by atoms with Gasteiger partial charge in [-0.05, 0) is 25.5 Å². The predicted octanol–water partition coefficient (Wildman–Crippen LogP) is 2.81. The maximum atomic E-state index is 14.1. The van der Waals surface area contributed by atoms with E-state index in [2.05, 4.69) is 10.3 Å². The van der Waals surface area contributed by atoms with Gasteiger partial charge in [0.1, 0.15) is 5.82 Å². The Kier molecular flexibility index (Phi) is 7.49. The molecule has 1 saturated heterocycles. The number of sulfone groups is 1. The van der Waals surface area contributed by atoms with Crippen molar-refractivity contribution in [3.63, 3.8) is 0 Å². The van der Waals surface area contributed by atoms with Crippen LogP contribution in [0.3, 0.4) is 0 Å². The van der Waals surface area contributed by atoms with Gasteiger partial charge in [0.15, 0.2) is 15.8 Å². The van der Waals surface area contributed by atoms with Gasteiger partial charge in [-0.15, -0.1) is 24.0 Å². The molecule has 5 nitrogen and oxygen atoms in total. The Morgan fingerprint density at radius 2 is 1.96 bits per heavy atom. The summed E-state index contributed by atoms with van der Waals surface area (Å²) in [6.07, 6.45) is 0. The van der Waals surface area contributed by atoms with E-state index in [0.29, 0.717) is 31.2 Å². The molecule has 26 heavy (non-hydrogen) atoms. The summed E-state index contributed by atoms with van der Waals surface area (Å²) in [6, 6.07) is 6.75. The van der Waals surface area contributed by atoms with E-state index in [1.54, 1.807) is 33.0 Å². The fourth-order valence-corrected chi connectivity index (χ4v) is 4.43. The molecule has 0 atom stereocenters. The Labute approximate surface area is 173 Å². The minimum atomic E-state index is -3.10. The average Bonchev–Trinajstić information content (AvgIpc) is 2.51. The van der Waals surface area contributed by atoms with E-state index in [4.69, 9.17) is 0 Å². The zero-order valence-corrected chi connectivity index (χ0v) is 19.2. The molecule has 1 aliphatic heterocycles. The van der Waals surface area contributed by atoms with E-state index >= 15 is 0 Å². The Morgan fingerprint density at radius 1 is 1.35 bits per heavy atom. The molecule has 1 N–H and O–H groups in total. The van der Waals surface area contributed by atoms with Crippen molar-refractivity contribution in [2.24, 2.45) is 4.99 Å². The fourth-order valence-electron chi connectivity index (χ4n) is 3.06. The van der Waals surface area contributed by atoms with E-state index in [1.165, 1.54) is 6.07 Å². The fraction of sp³-hybridized carbons (Fsp3) is 0.611. The van der Waals surface area contributed by atoms with E-state index in [-0.39, 0.29) is 35.5 Å². The van der Waals surface area contributed by atoms with Crippen LogP contribution in [0.15, 0.2) is 29.3 Å². The molecule has 1 heterocycles. The average molecular weight is 497 g/mol. The second kappa shape index (κ2) is 8.41. The third kappa shape index (κ3) is 4.88. The molecule has 2 rings (SSSR count). The summed E-state index contributed by atoms with van der Waals surface area (Å²) in [5.74, 6) is 0.527. The van der Waals surface area contributed by atoms with Gasteiger partial charge in [-0.2, -0.15) is 0 Å². The molecule has 0 radical (unpaired) electrons. The first-order valence-electron chi connectivity index (χ1n) is 8.43. The van der Waals surface area contributed by atoms with Gasteiger partial charge in [0.05, 0.1) is 10.5 Å². The zero-order chi connectivity index (χ0) is 18.9. The lowest BCUT2D eigenvalue weighted by atomic mass is 9.84. The van der Waals surface area contributed by atoms with Crippen LogP contribution >= 0.6 is 24.0 Å². The first-order chi connectivity index (χ1) is 11.5. The smallest absolute Gasteiger partial charge is 0.193 e. The lowest BCUT2D eigenvalue weighted by Crippen LogP contribution is -2.58. The lowest BCUT2D eigenvalue weighted by Gasteiger charge is -2.40. The lowest BCUT2D eigenvalue weighted by molar-refractivity contribution is 0.348. The van der Waals surface area contributed by atoms with Gasteiger partial charge in [-0.25, -0.2) is 12.8 Å². The normalized spacial score (nSPS) is 19.6. The number of nitrogens with zero attached hydrogens (tertiary/aromatic N) is 2. The zero-order valence-electron chi connectivity index (χ0n) is 16.0. The van der Waals surface area contributed by atoms with Crippen molar-refractivity contribution in [3.05, 3.63) is 35.6 Å². The van der Waals surface area contributed by atoms with Crippen LogP contribution in [0.1, 0.15) is 33.3 Å². The SMILES string of the molecule is CN=C(NCC(C)(C)c1ccccc1F)N1CCS(=O)(=O)C(C)(C)C1.I. The van der Waals surface area contributed by atoms with E-state index in [1.807, 2.05) is 24.8 Å². The number of benzene rings is 1. The first-order valence-corrected chi connectivity index (χ1v) is 10.1. The summed E-state index contributed by atoms with van der Waals surface area (Å²) in [5.41, 5.74) is 0.207. The molecule has 1 aromatic carbocycles. The van der Waals surface area contributed by atoms with Crippen molar-refractivity contribution >= 4 is 39.8 Å². The molecule has 0 bridgehead atoms. The monoisotopic (exact) mass is 497 g/mol. The summed E-state index contributed by atoms with van der Waals surface area (Å²) in [7, 11) is -1.43. The molecule has 0 aliphatic carbocycles. The molecule has 0 spiro atoms. The number of rotatable bonds is 3. The minimum Gasteiger partial charge on any atom is -0.355 e. The summed E-state index contributed by atoms with van der Waals surface area (Å²) < 4.78 is 37.6. The van der Waals surface area contributed by atoms with Crippen molar-refractivity contribution in [3.8, 4) is 0 Å². The van der Waals surface area contributed by atoms with Gasteiger partial charge in [-0.1, -0.05) is 32.0 Å². The highest BCUT2D eigenvalue weighted by Gasteiger charge is 2.41. The Balaban J connectivity index is 0.00000338. The Morgan fingerprint density at radius 3 is 2.50 bits per heavy atom. The molecule has 8 heteroatoms. The van der Waals surface area contributed by atoms with Crippen molar-refractivity contribution in [2.75, 3.05) is 32.4 Å². The minimum absolute atomic E-state index is 0. The molecule has 1 aliphatic rings. The van der Waals surface area contributed by atoms with Crippen LogP contribution in [0.2, 0.25) is 0 Å². The van der Waals surface area contributed by atoms with Gasteiger partial charge in [0.25, 0.3) is 0 Å². The maximum absolute atomic E-state index is 14.1. The second-order valence-corrected chi connectivity index (χ2v) is 10.5. The number of aliphatic imine (C=N–C) groups is 1.